The van der Waals surface area contributed by atoms with E-state index < -0.39 is 0 Å². The Bertz CT molecular complexity index is 1270. The summed E-state index contributed by atoms with van der Waals surface area (Å²) < 4.78 is 0. The summed E-state index contributed by atoms with van der Waals surface area (Å²) in [6.45, 7) is 0. The van der Waals surface area contributed by atoms with Crippen LogP contribution < -0.4 is 0 Å². The van der Waals surface area contributed by atoms with Gasteiger partial charge in [-0.15, -0.1) is 0 Å². The van der Waals surface area contributed by atoms with Gasteiger partial charge in [-0.05, 0) is 57.7 Å². The molecule has 144 valence electrons. The van der Waals surface area contributed by atoms with Crippen LogP contribution in [0.15, 0.2) is 133 Å². The summed E-state index contributed by atoms with van der Waals surface area (Å²) in [5.74, 6) is 1.62. The predicted octanol–water partition coefficient (Wildman–Crippen LogP) is 6.95. The van der Waals surface area contributed by atoms with Gasteiger partial charge in [0.25, 0.3) is 0 Å². The number of benzene rings is 3. The van der Waals surface area contributed by atoms with Crippen molar-refractivity contribution in [3.05, 3.63) is 172 Å². The Morgan fingerprint density at radius 2 is 1.23 bits per heavy atom. The molecule has 0 heterocycles. The standard InChI is InChI=1S/C31H21/c1-2-13-23-21(10-1)11-9-12-22(23)20-31-27-17-6-3-14-24(27)30(25-15-4-7-18-28(25)31)26-16-5-8-19-29(26)31/h1-20,30H/q+1. The molecule has 0 unspecified atom stereocenters. The molecule has 2 bridgehead atoms. The van der Waals surface area contributed by atoms with E-state index in [2.05, 4.69) is 121 Å². The van der Waals surface area contributed by atoms with Crippen molar-refractivity contribution >= 4 is 0 Å². The number of hydrogen-bond acceptors (Lipinski definition) is 0. The molecule has 0 aromatic heterocycles. The summed E-state index contributed by atoms with van der Waals surface area (Å²) in [7, 11) is 0. The third-order valence-electron chi connectivity index (χ3n) is 7.29. The summed E-state index contributed by atoms with van der Waals surface area (Å²) in [6, 6.07) is 27.2. The molecular formula is C31H21+. The quantitative estimate of drug-likeness (QED) is 0.392. The first-order chi connectivity index (χ1) is 15.4. The van der Waals surface area contributed by atoms with Crippen LogP contribution in [0.1, 0.15) is 39.3 Å². The van der Waals surface area contributed by atoms with Crippen molar-refractivity contribution in [3.8, 4) is 0 Å². The Balaban J connectivity index is 1.60. The normalized spacial score (nSPS) is 25.0. The highest BCUT2D eigenvalue weighted by atomic mass is 14.5. The zero-order valence-electron chi connectivity index (χ0n) is 17.1. The van der Waals surface area contributed by atoms with E-state index in [1.54, 1.807) is 0 Å². The number of rotatable bonds is 1. The molecular weight excluding hydrogens is 372 g/mol. The Kier molecular flexibility index (Phi) is 3.35. The van der Waals surface area contributed by atoms with Crippen LogP contribution in [0.2, 0.25) is 0 Å². The van der Waals surface area contributed by atoms with E-state index in [1.807, 2.05) is 0 Å². The smallest absolute Gasteiger partial charge is 0.0619 e. The number of allylic oxidation sites excluding steroid dienone is 10. The van der Waals surface area contributed by atoms with Crippen molar-refractivity contribution in [2.45, 2.75) is 11.3 Å². The minimum atomic E-state index is -0.289. The minimum absolute atomic E-state index is 0.289. The first-order valence-corrected chi connectivity index (χ1v) is 11.0. The molecule has 0 atom stereocenters. The van der Waals surface area contributed by atoms with Crippen LogP contribution in [0.4, 0.5) is 0 Å². The van der Waals surface area contributed by atoms with Gasteiger partial charge in [0.1, 0.15) is 0 Å². The Labute approximate surface area is 183 Å². The predicted molar refractivity (Wildman–Crippen MR) is 127 cm³/mol. The fourth-order valence-corrected chi connectivity index (χ4v) is 6.10. The van der Waals surface area contributed by atoms with E-state index in [0.717, 1.165) is 0 Å². The Morgan fingerprint density at radius 3 is 1.84 bits per heavy atom. The van der Waals surface area contributed by atoms with Crippen LogP contribution in [0.25, 0.3) is 0 Å². The second-order valence-electron chi connectivity index (χ2n) is 8.72. The summed E-state index contributed by atoms with van der Waals surface area (Å²) in [5.41, 5.74) is 10.9. The summed E-state index contributed by atoms with van der Waals surface area (Å²) in [5, 5.41) is 0. The molecule has 0 saturated carbocycles. The van der Waals surface area contributed by atoms with E-state index >= 15 is 0 Å². The minimum Gasteiger partial charge on any atom is -0.0619 e. The van der Waals surface area contributed by atoms with Crippen molar-refractivity contribution in [2.24, 2.45) is 0 Å². The van der Waals surface area contributed by atoms with Crippen molar-refractivity contribution in [3.63, 3.8) is 0 Å². The lowest BCUT2D eigenvalue weighted by molar-refractivity contribution is 0.646. The van der Waals surface area contributed by atoms with Crippen molar-refractivity contribution in [1.82, 2.24) is 0 Å². The highest BCUT2D eigenvalue weighted by Crippen LogP contribution is 2.60. The van der Waals surface area contributed by atoms with E-state index in [4.69, 9.17) is 0 Å². The van der Waals surface area contributed by atoms with Gasteiger partial charge in [0.05, 0.1) is 22.5 Å². The van der Waals surface area contributed by atoms with Gasteiger partial charge < -0.3 is 0 Å². The zero-order valence-corrected chi connectivity index (χ0v) is 17.1. The number of fused-ring (bicyclic) bond motifs is 1. The van der Waals surface area contributed by atoms with Crippen molar-refractivity contribution in [2.75, 3.05) is 0 Å². The highest BCUT2D eigenvalue weighted by molar-refractivity contribution is 5.76. The van der Waals surface area contributed by atoms with Gasteiger partial charge in [-0.1, -0.05) is 72.8 Å². The van der Waals surface area contributed by atoms with Gasteiger partial charge >= 0.3 is 0 Å². The molecule has 0 aliphatic heterocycles. The highest BCUT2D eigenvalue weighted by Gasteiger charge is 2.51. The van der Waals surface area contributed by atoms with E-state index in [0.29, 0.717) is 5.92 Å². The number of hydrogen-bond donors (Lipinski definition) is 0. The van der Waals surface area contributed by atoms with Gasteiger partial charge in [-0.2, -0.15) is 0 Å². The van der Waals surface area contributed by atoms with Crippen LogP contribution in [-0.4, -0.2) is 0 Å². The molecule has 0 heteroatoms. The lowest BCUT2D eigenvalue weighted by atomic mass is 9.52. The maximum atomic E-state index is 2.53. The summed E-state index contributed by atoms with van der Waals surface area (Å²) >= 11 is 0. The molecule has 8 rings (SSSR count). The van der Waals surface area contributed by atoms with Gasteiger partial charge in [0, 0.05) is 30.2 Å². The van der Waals surface area contributed by atoms with Gasteiger partial charge in [-0.3, -0.25) is 0 Å². The molecule has 3 aromatic carbocycles. The van der Waals surface area contributed by atoms with E-state index in [1.165, 1.54) is 50.4 Å². The maximum absolute atomic E-state index is 2.53. The second-order valence-corrected chi connectivity index (χ2v) is 8.72. The lowest BCUT2D eigenvalue weighted by Crippen LogP contribution is -2.41. The SMILES string of the molecule is C1=CC2=CC=CC(=CC34c5ccccc5C(c5ccccc53)c3ccccc34)[C+]2C=C1. The first-order valence-electron chi connectivity index (χ1n) is 11.0. The van der Waals surface area contributed by atoms with E-state index in [-0.39, 0.29) is 5.41 Å². The molecule has 0 spiro atoms. The summed E-state index contributed by atoms with van der Waals surface area (Å²) in [6.07, 6.45) is 17.9. The van der Waals surface area contributed by atoms with Gasteiger partial charge in [-0.25, -0.2) is 0 Å². The first kappa shape index (κ1) is 17.0. The van der Waals surface area contributed by atoms with Crippen LogP contribution in [0.5, 0.6) is 0 Å². The van der Waals surface area contributed by atoms with Crippen LogP contribution in [-0.2, 0) is 5.41 Å². The molecule has 0 amide bonds. The average Bonchev–Trinajstić information content (AvgIpc) is 2.85. The molecule has 3 aromatic rings. The largest absolute Gasteiger partial charge is 0.0875 e. The molecule has 0 nitrogen and oxygen atoms in total. The Hall–Kier alpha value is -3.77. The molecule has 0 radical (unpaired) electrons. The summed E-state index contributed by atoms with van der Waals surface area (Å²) in [4.78, 5) is 0. The van der Waals surface area contributed by atoms with E-state index in [9.17, 15) is 0 Å². The van der Waals surface area contributed by atoms with Crippen molar-refractivity contribution in [1.29, 1.82) is 0 Å². The topological polar surface area (TPSA) is 0 Å². The lowest BCUT2D eigenvalue weighted by Gasteiger charge is -2.49. The van der Waals surface area contributed by atoms with Crippen LogP contribution >= 0.6 is 0 Å². The van der Waals surface area contributed by atoms with Crippen LogP contribution in [0.3, 0.4) is 0 Å². The molecule has 0 N–H and O–H groups in total. The third-order valence-corrected chi connectivity index (χ3v) is 7.29. The Morgan fingerprint density at radius 1 is 0.645 bits per heavy atom. The average molecular weight is 394 g/mol. The zero-order chi connectivity index (χ0) is 20.4. The van der Waals surface area contributed by atoms with Gasteiger partial charge in [0.15, 0.2) is 0 Å². The molecule has 31 heavy (non-hydrogen) atoms. The fourth-order valence-electron chi connectivity index (χ4n) is 6.10. The maximum Gasteiger partial charge on any atom is 0.0875 e. The molecule has 5 aliphatic carbocycles. The van der Waals surface area contributed by atoms with Crippen molar-refractivity contribution < 1.29 is 0 Å². The third kappa shape index (κ3) is 2.12. The van der Waals surface area contributed by atoms with Crippen LogP contribution in [0, 0.1) is 5.92 Å². The molecule has 5 aliphatic rings. The molecule has 0 fully saturated rings. The second kappa shape index (κ2) is 6.12. The molecule has 0 saturated heterocycles. The van der Waals surface area contributed by atoms with Gasteiger partial charge in [0.2, 0.25) is 0 Å². The fraction of sp³-hybridized carbons (Fsp3) is 0.0645. The monoisotopic (exact) mass is 393 g/mol.